The summed E-state index contributed by atoms with van der Waals surface area (Å²) in [5.41, 5.74) is 3.04. The summed E-state index contributed by atoms with van der Waals surface area (Å²) in [5, 5.41) is 0. The van der Waals surface area contributed by atoms with Gasteiger partial charge in [-0.3, -0.25) is 9.69 Å². The number of hydrogen-bond donors (Lipinski definition) is 0. The molecule has 1 aliphatic carbocycles. The normalized spacial score (nSPS) is 25.3. The van der Waals surface area contributed by atoms with E-state index in [9.17, 15) is 4.79 Å². The molecule has 0 aromatic heterocycles. The Hall–Kier alpha value is -2.33. The van der Waals surface area contributed by atoms with Crippen molar-refractivity contribution in [3.63, 3.8) is 0 Å². The molecule has 2 aromatic carbocycles. The summed E-state index contributed by atoms with van der Waals surface area (Å²) in [6.07, 6.45) is 2.61. The molecule has 1 amide bonds. The van der Waals surface area contributed by atoms with E-state index in [1.807, 2.05) is 35.2 Å². The summed E-state index contributed by atoms with van der Waals surface area (Å²) in [4.78, 5) is 14.7. The molecular weight excluding hydrogens is 302 g/mol. The molecule has 4 heteroatoms. The van der Waals surface area contributed by atoms with Crippen LogP contribution >= 0.6 is 0 Å². The number of hydrogen-bond acceptors (Lipinski definition) is 3. The maximum absolute atomic E-state index is 12.8. The average Bonchev–Trinajstić information content (AvgIpc) is 2.63. The average molecular weight is 323 g/mol. The van der Waals surface area contributed by atoms with Crippen LogP contribution in [-0.4, -0.2) is 26.2 Å². The van der Waals surface area contributed by atoms with E-state index in [0.29, 0.717) is 0 Å². The van der Waals surface area contributed by atoms with Crippen molar-refractivity contribution < 1.29 is 14.3 Å². The quantitative estimate of drug-likeness (QED) is 0.814. The lowest BCUT2D eigenvalue weighted by atomic mass is 9.66. The zero-order valence-electron chi connectivity index (χ0n) is 14.0. The third-order valence-electron chi connectivity index (χ3n) is 5.33. The third kappa shape index (κ3) is 1.93. The largest absolute Gasteiger partial charge is 0.497 e. The van der Waals surface area contributed by atoms with Crippen molar-refractivity contribution in [2.75, 3.05) is 19.1 Å². The second-order valence-corrected chi connectivity index (χ2v) is 6.42. The highest BCUT2D eigenvalue weighted by Crippen LogP contribution is 2.52. The van der Waals surface area contributed by atoms with Gasteiger partial charge in [0.1, 0.15) is 11.3 Å². The van der Waals surface area contributed by atoms with Gasteiger partial charge in [-0.25, -0.2) is 0 Å². The highest BCUT2D eigenvalue weighted by molar-refractivity contribution is 6.07. The molecule has 2 unspecified atom stereocenters. The Kier molecular flexibility index (Phi) is 3.57. The van der Waals surface area contributed by atoms with Gasteiger partial charge >= 0.3 is 0 Å². The Bertz CT molecular complexity index is 771. The Morgan fingerprint density at radius 1 is 1.08 bits per heavy atom. The van der Waals surface area contributed by atoms with Crippen LogP contribution in [0.4, 0.5) is 5.69 Å². The molecule has 124 valence electrons. The van der Waals surface area contributed by atoms with Crippen LogP contribution in [0.2, 0.25) is 0 Å². The Morgan fingerprint density at radius 3 is 2.54 bits per heavy atom. The van der Waals surface area contributed by atoms with E-state index in [1.54, 1.807) is 14.2 Å². The van der Waals surface area contributed by atoms with Gasteiger partial charge in [-0.1, -0.05) is 24.3 Å². The molecule has 1 aliphatic heterocycles. The predicted octanol–water partition coefficient (Wildman–Crippen LogP) is 3.29. The van der Waals surface area contributed by atoms with E-state index in [4.69, 9.17) is 9.47 Å². The van der Waals surface area contributed by atoms with Crippen LogP contribution < -0.4 is 9.64 Å². The summed E-state index contributed by atoms with van der Waals surface area (Å²) in [7, 11) is 3.27. The number of methoxy groups -OCH3 is 2. The molecule has 1 fully saturated rings. The summed E-state index contributed by atoms with van der Waals surface area (Å²) in [6, 6.07) is 16.1. The lowest BCUT2D eigenvalue weighted by Crippen LogP contribution is -2.74. The number of fused-ring (bicyclic) bond motifs is 2. The minimum Gasteiger partial charge on any atom is -0.497 e. The number of rotatable bonds is 3. The Morgan fingerprint density at radius 2 is 1.83 bits per heavy atom. The van der Waals surface area contributed by atoms with Crippen molar-refractivity contribution in [2.45, 2.75) is 30.9 Å². The van der Waals surface area contributed by atoms with Crippen LogP contribution in [0, 0.1) is 0 Å². The van der Waals surface area contributed by atoms with Gasteiger partial charge in [0, 0.05) is 12.8 Å². The van der Waals surface area contributed by atoms with E-state index in [-0.39, 0.29) is 5.91 Å². The van der Waals surface area contributed by atoms with E-state index in [1.165, 1.54) is 11.1 Å². The number of aryl methyl sites for hydroxylation is 1. The molecule has 24 heavy (non-hydrogen) atoms. The molecule has 2 aromatic rings. The second-order valence-electron chi connectivity index (χ2n) is 6.42. The first-order valence-electron chi connectivity index (χ1n) is 8.31. The smallest absolute Gasteiger partial charge is 0.259 e. The number of benzene rings is 2. The fourth-order valence-electron chi connectivity index (χ4n) is 4.30. The van der Waals surface area contributed by atoms with Crippen LogP contribution in [0.5, 0.6) is 5.75 Å². The van der Waals surface area contributed by atoms with Crippen LogP contribution in [-0.2, 0) is 21.5 Å². The lowest BCUT2D eigenvalue weighted by molar-refractivity contribution is -0.149. The number of amides is 1. The highest BCUT2D eigenvalue weighted by atomic mass is 16.5. The van der Waals surface area contributed by atoms with Gasteiger partial charge < -0.3 is 9.47 Å². The van der Waals surface area contributed by atoms with E-state index in [0.717, 1.165) is 30.7 Å². The molecule has 0 N–H and O–H groups in total. The van der Waals surface area contributed by atoms with Gasteiger partial charge in [0.2, 0.25) is 0 Å². The van der Waals surface area contributed by atoms with Crippen molar-refractivity contribution in [3.8, 4) is 5.75 Å². The van der Waals surface area contributed by atoms with Crippen molar-refractivity contribution in [1.29, 1.82) is 0 Å². The SMILES string of the molecule is COc1ccc(N2C(=O)C(OC)C23CCCc2ccccc23)cc1. The minimum atomic E-state index is -0.416. The van der Waals surface area contributed by atoms with E-state index >= 15 is 0 Å². The summed E-state index contributed by atoms with van der Waals surface area (Å²) in [6.45, 7) is 0. The zero-order valence-corrected chi connectivity index (χ0v) is 14.0. The number of carbonyl (C=O) groups is 1. The summed E-state index contributed by atoms with van der Waals surface area (Å²) < 4.78 is 10.9. The van der Waals surface area contributed by atoms with Crippen LogP contribution in [0.25, 0.3) is 0 Å². The standard InChI is InChI=1S/C20H21NO3/c1-23-16-11-9-15(10-12-16)21-19(22)18(24-2)20(21)13-5-7-14-6-3-4-8-17(14)20/h3-4,6,8-12,18H,5,7,13H2,1-2H3. The highest BCUT2D eigenvalue weighted by Gasteiger charge is 2.63. The van der Waals surface area contributed by atoms with Crippen molar-refractivity contribution in [3.05, 3.63) is 59.7 Å². The van der Waals surface area contributed by atoms with Gasteiger partial charge in [-0.05, 0) is 54.7 Å². The third-order valence-corrected chi connectivity index (χ3v) is 5.33. The molecule has 2 aliphatic rings. The van der Waals surface area contributed by atoms with Crippen molar-refractivity contribution in [1.82, 2.24) is 0 Å². The number of nitrogens with zero attached hydrogens (tertiary/aromatic N) is 1. The van der Waals surface area contributed by atoms with E-state index < -0.39 is 11.6 Å². The molecular formula is C20H21NO3. The van der Waals surface area contributed by atoms with Crippen molar-refractivity contribution in [2.24, 2.45) is 0 Å². The Balaban J connectivity index is 1.83. The monoisotopic (exact) mass is 323 g/mol. The van der Waals surface area contributed by atoms with E-state index in [2.05, 4.69) is 18.2 Å². The van der Waals surface area contributed by atoms with Gasteiger partial charge in [0.05, 0.1) is 7.11 Å². The fourth-order valence-corrected chi connectivity index (χ4v) is 4.30. The van der Waals surface area contributed by atoms with Gasteiger partial charge in [0.15, 0.2) is 6.10 Å². The molecule has 0 saturated carbocycles. The number of carbonyl (C=O) groups excluding carboxylic acids is 1. The predicted molar refractivity (Wildman–Crippen MR) is 92.3 cm³/mol. The first kappa shape index (κ1) is 15.2. The molecule has 1 heterocycles. The molecule has 4 rings (SSSR count). The number of ether oxygens (including phenoxy) is 2. The van der Waals surface area contributed by atoms with Crippen molar-refractivity contribution >= 4 is 11.6 Å². The van der Waals surface area contributed by atoms with Gasteiger partial charge in [0.25, 0.3) is 5.91 Å². The maximum atomic E-state index is 12.8. The molecule has 0 radical (unpaired) electrons. The van der Waals surface area contributed by atoms with Gasteiger partial charge in [-0.2, -0.15) is 0 Å². The minimum absolute atomic E-state index is 0.0272. The Labute approximate surface area is 142 Å². The zero-order chi connectivity index (χ0) is 16.7. The number of anilines is 1. The summed E-state index contributed by atoms with van der Waals surface area (Å²) in [5.74, 6) is 0.812. The first-order valence-corrected chi connectivity index (χ1v) is 8.31. The molecule has 4 nitrogen and oxygen atoms in total. The lowest BCUT2D eigenvalue weighted by Gasteiger charge is -2.58. The topological polar surface area (TPSA) is 38.8 Å². The molecule has 0 bridgehead atoms. The van der Waals surface area contributed by atoms with Crippen LogP contribution in [0.3, 0.4) is 0 Å². The second kappa shape index (κ2) is 5.64. The fraction of sp³-hybridized carbons (Fsp3) is 0.350. The van der Waals surface area contributed by atoms with Crippen LogP contribution in [0.1, 0.15) is 24.0 Å². The van der Waals surface area contributed by atoms with Gasteiger partial charge in [-0.15, -0.1) is 0 Å². The molecule has 1 spiro atoms. The first-order chi connectivity index (χ1) is 11.7. The molecule has 1 saturated heterocycles. The summed E-state index contributed by atoms with van der Waals surface area (Å²) >= 11 is 0. The molecule has 2 atom stereocenters. The van der Waals surface area contributed by atoms with Crippen LogP contribution in [0.15, 0.2) is 48.5 Å². The maximum Gasteiger partial charge on any atom is 0.259 e. The number of β-lactam (4-membered cyclic amide) rings is 1.